The van der Waals surface area contributed by atoms with Gasteiger partial charge in [0.1, 0.15) is 6.04 Å². The summed E-state index contributed by atoms with van der Waals surface area (Å²) in [6, 6.07) is 18.9. The van der Waals surface area contributed by atoms with Crippen molar-refractivity contribution < 1.29 is 19.5 Å². The number of carbonyl (C=O) groups excluding carboxylic acids is 2. The van der Waals surface area contributed by atoms with Crippen molar-refractivity contribution in [2.45, 2.75) is 44.1 Å². The Bertz CT molecular complexity index is 1250. The van der Waals surface area contributed by atoms with E-state index in [1.54, 1.807) is 6.20 Å². The Balaban J connectivity index is 1.38. The van der Waals surface area contributed by atoms with E-state index in [0.29, 0.717) is 18.7 Å². The molecule has 1 saturated heterocycles. The molecular formula is C29H31N3O4. The Morgan fingerprint density at radius 2 is 1.72 bits per heavy atom. The number of nitrogens with one attached hydrogen (secondary N) is 1. The summed E-state index contributed by atoms with van der Waals surface area (Å²) in [4.78, 5) is 44.8. The zero-order valence-corrected chi connectivity index (χ0v) is 20.2. The van der Waals surface area contributed by atoms with E-state index in [4.69, 9.17) is 5.11 Å². The van der Waals surface area contributed by atoms with Crippen molar-refractivity contribution in [1.29, 1.82) is 0 Å². The number of rotatable bonds is 6. The van der Waals surface area contributed by atoms with Crippen molar-refractivity contribution in [3.05, 3.63) is 78.0 Å². The zero-order chi connectivity index (χ0) is 25.1. The predicted octanol–water partition coefficient (Wildman–Crippen LogP) is 4.88. The van der Waals surface area contributed by atoms with E-state index in [-0.39, 0.29) is 29.4 Å². The lowest BCUT2D eigenvalue weighted by Gasteiger charge is -2.34. The molecule has 2 aliphatic rings. The van der Waals surface area contributed by atoms with Gasteiger partial charge in [-0.1, -0.05) is 36.4 Å². The normalized spacial score (nSPS) is 23.9. The average molecular weight is 486 g/mol. The molecule has 1 aliphatic heterocycles. The summed E-state index contributed by atoms with van der Waals surface area (Å²) in [6.07, 6.45) is 4.53. The van der Waals surface area contributed by atoms with Crippen LogP contribution in [0.3, 0.4) is 0 Å². The molecule has 1 saturated carbocycles. The van der Waals surface area contributed by atoms with Gasteiger partial charge in [0.05, 0.1) is 5.52 Å². The highest BCUT2D eigenvalue weighted by Crippen LogP contribution is 2.39. The summed E-state index contributed by atoms with van der Waals surface area (Å²) >= 11 is 0. The van der Waals surface area contributed by atoms with Gasteiger partial charge in [-0.25, -0.2) is 4.79 Å². The molecule has 2 aromatic carbocycles. The smallest absolute Gasteiger partial charge is 0.404 e. The number of aromatic nitrogens is 1. The first-order valence-electron chi connectivity index (χ1n) is 12.7. The molecule has 7 nitrogen and oxygen atoms in total. The van der Waals surface area contributed by atoms with E-state index in [0.717, 1.165) is 48.6 Å². The second-order valence-corrected chi connectivity index (χ2v) is 9.96. The van der Waals surface area contributed by atoms with Crippen LogP contribution in [0.5, 0.6) is 0 Å². The van der Waals surface area contributed by atoms with Crippen LogP contribution in [-0.2, 0) is 4.79 Å². The summed E-state index contributed by atoms with van der Waals surface area (Å²) in [5.74, 6) is 0.100. The van der Waals surface area contributed by atoms with Crippen LogP contribution in [-0.4, -0.2) is 51.9 Å². The molecule has 0 bridgehead atoms. The molecule has 7 heteroatoms. The van der Waals surface area contributed by atoms with Gasteiger partial charge in [0.15, 0.2) is 5.78 Å². The molecule has 3 aromatic rings. The van der Waals surface area contributed by atoms with Gasteiger partial charge < -0.3 is 15.3 Å². The molecule has 1 aromatic heterocycles. The molecule has 2 heterocycles. The minimum Gasteiger partial charge on any atom is -0.465 e. The Morgan fingerprint density at radius 1 is 0.944 bits per heavy atom. The number of likely N-dealkylation sites (tertiary alicyclic amines) is 1. The van der Waals surface area contributed by atoms with Crippen molar-refractivity contribution >= 4 is 28.7 Å². The van der Waals surface area contributed by atoms with Gasteiger partial charge in [0.2, 0.25) is 5.91 Å². The van der Waals surface area contributed by atoms with Crippen LogP contribution in [0.2, 0.25) is 0 Å². The van der Waals surface area contributed by atoms with Crippen LogP contribution in [0.15, 0.2) is 66.9 Å². The fourth-order valence-electron chi connectivity index (χ4n) is 5.89. The van der Waals surface area contributed by atoms with Crippen LogP contribution in [0, 0.1) is 11.8 Å². The van der Waals surface area contributed by atoms with Crippen LogP contribution < -0.4 is 5.32 Å². The molecule has 5 rings (SSSR count). The van der Waals surface area contributed by atoms with Crippen molar-refractivity contribution in [3.8, 4) is 0 Å². The van der Waals surface area contributed by atoms with Gasteiger partial charge in [-0.3, -0.25) is 14.6 Å². The highest BCUT2D eigenvalue weighted by Gasteiger charge is 2.44. The number of benzene rings is 2. The second kappa shape index (κ2) is 10.5. The molecular weight excluding hydrogens is 454 g/mol. The highest BCUT2D eigenvalue weighted by atomic mass is 16.4. The number of fused-ring (bicyclic) bond motifs is 1. The summed E-state index contributed by atoms with van der Waals surface area (Å²) in [6.45, 7) is 0.985. The fraction of sp³-hybridized carbons (Fsp3) is 0.379. The summed E-state index contributed by atoms with van der Waals surface area (Å²) in [7, 11) is 0. The maximum absolute atomic E-state index is 14.0. The summed E-state index contributed by atoms with van der Waals surface area (Å²) in [5.41, 5.74) is 2.52. The van der Waals surface area contributed by atoms with E-state index < -0.39 is 12.1 Å². The first-order chi connectivity index (χ1) is 17.5. The molecule has 186 valence electrons. The number of carboxylic acid groups (broad SMARTS) is 1. The van der Waals surface area contributed by atoms with Crippen LogP contribution >= 0.6 is 0 Å². The third-order valence-electron chi connectivity index (χ3n) is 7.80. The number of pyridine rings is 1. The first-order valence-corrected chi connectivity index (χ1v) is 12.7. The van der Waals surface area contributed by atoms with E-state index in [1.807, 2.05) is 65.6 Å². The molecule has 2 N–H and O–H groups in total. The molecule has 0 unspecified atom stereocenters. The number of amides is 2. The standard InChI is InChI=1S/C29H31N3O4/c33-27(23-12-13-25-22(17-23)7-4-15-30-25)26-24(20-5-2-1-3-6-20)14-16-32(26)28(34)21-10-8-19(9-11-21)18-31-29(35)36/h1-7,12-13,15,17,19,21,24,26,31H,8-11,14,16,18H2,(H,35,36)/t19?,21?,24-,26-/m0/s1. The van der Waals surface area contributed by atoms with E-state index >= 15 is 0 Å². The molecule has 2 atom stereocenters. The van der Waals surface area contributed by atoms with E-state index in [9.17, 15) is 14.4 Å². The Morgan fingerprint density at radius 3 is 2.47 bits per heavy atom. The van der Waals surface area contributed by atoms with Crippen molar-refractivity contribution in [2.75, 3.05) is 13.1 Å². The maximum Gasteiger partial charge on any atom is 0.404 e. The first kappa shape index (κ1) is 24.0. The molecule has 0 radical (unpaired) electrons. The number of hydrogen-bond acceptors (Lipinski definition) is 4. The summed E-state index contributed by atoms with van der Waals surface area (Å²) in [5, 5.41) is 12.2. The monoisotopic (exact) mass is 485 g/mol. The van der Waals surface area contributed by atoms with Crippen LogP contribution in [0.4, 0.5) is 4.79 Å². The third kappa shape index (κ3) is 4.96. The number of Topliss-reactive ketones (excluding diaryl/α,β-unsaturated/α-hetero) is 1. The predicted molar refractivity (Wildman–Crippen MR) is 137 cm³/mol. The van der Waals surface area contributed by atoms with Gasteiger partial charge in [-0.2, -0.15) is 0 Å². The summed E-state index contributed by atoms with van der Waals surface area (Å²) < 4.78 is 0. The Labute approximate surface area is 210 Å². The number of carbonyl (C=O) groups is 3. The van der Waals surface area contributed by atoms with Gasteiger partial charge in [0.25, 0.3) is 0 Å². The minimum absolute atomic E-state index is 0.0280. The topological polar surface area (TPSA) is 99.6 Å². The zero-order valence-electron chi connectivity index (χ0n) is 20.2. The number of hydrogen-bond donors (Lipinski definition) is 2. The lowest BCUT2D eigenvalue weighted by molar-refractivity contribution is -0.137. The average Bonchev–Trinajstić information content (AvgIpc) is 3.37. The van der Waals surface area contributed by atoms with Crippen molar-refractivity contribution in [2.24, 2.45) is 11.8 Å². The molecule has 0 spiro atoms. The molecule has 2 amide bonds. The number of ketones is 1. The van der Waals surface area contributed by atoms with E-state index in [1.165, 1.54) is 0 Å². The van der Waals surface area contributed by atoms with Crippen LogP contribution in [0.1, 0.15) is 53.9 Å². The van der Waals surface area contributed by atoms with Gasteiger partial charge >= 0.3 is 6.09 Å². The Kier molecular flexibility index (Phi) is 6.98. The second-order valence-electron chi connectivity index (χ2n) is 9.96. The maximum atomic E-state index is 14.0. The van der Waals surface area contributed by atoms with E-state index in [2.05, 4.69) is 10.3 Å². The number of nitrogens with zero attached hydrogens (tertiary/aromatic N) is 2. The van der Waals surface area contributed by atoms with Gasteiger partial charge in [-0.05, 0) is 67.9 Å². The fourth-order valence-corrected chi connectivity index (χ4v) is 5.89. The quantitative estimate of drug-likeness (QED) is 0.485. The SMILES string of the molecule is O=C(O)NCC1CCC(C(=O)N2CC[C@@H](c3ccccc3)[C@H]2C(=O)c2ccc3ncccc3c2)CC1. The lowest BCUT2D eigenvalue weighted by atomic mass is 9.80. The molecule has 1 aliphatic carbocycles. The van der Waals surface area contributed by atoms with Gasteiger partial charge in [-0.15, -0.1) is 0 Å². The highest BCUT2D eigenvalue weighted by molar-refractivity contribution is 6.05. The molecule has 36 heavy (non-hydrogen) atoms. The molecule has 2 fully saturated rings. The van der Waals surface area contributed by atoms with Crippen molar-refractivity contribution in [1.82, 2.24) is 15.2 Å². The largest absolute Gasteiger partial charge is 0.465 e. The minimum atomic E-state index is -1.01. The van der Waals surface area contributed by atoms with Crippen molar-refractivity contribution in [3.63, 3.8) is 0 Å². The van der Waals surface area contributed by atoms with Crippen LogP contribution in [0.25, 0.3) is 10.9 Å². The third-order valence-corrected chi connectivity index (χ3v) is 7.80. The lowest BCUT2D eigenvalue weighted by Crippen LogP contribution is -2.46. The Hall–Kier alpha value is -3.74. The van der Waals surface area contributed by atoms with Gasteiger partial charge in [0, 0.05) is 42.1 Å².